The number of aromatic amines is 1. The zero-order valence-electron chi connectivity index (χ0n) is 23.4. The maximum atomic E-state index is 13.4. The van der Waals surface area contributed by atoms with Crippen molar-refractivity contribution in [3.8, 4) is 0 Å². The zero-order chi connectivity index (χ0) is 28.7. The number of aliphatic hydroxyl groups excluding tert-OH is 1. The van der Waals surface area contributed by atoms with E-state index in [1.54, 1.807) is 18.6 Å². The molecule has 10 heteroatoms. The van der Waals surface area contributed by atoms with Gasteiger partial charge in [-0.05, 0) is 67.8 Å². The molecule has 0 aliphatic heterocycles. The second kappa shape index (κ2) is 10.9. The molecule has 0 saturated heterocycles. The van der Waals surface area contributed by atoms with E-state index >= 15 is 0 Å². The summed E-state index contributed by atoms with van der Waals surface area (Å²) >= 11 is 0. The average molecular weight is 556 g/mol. The van der Waals surface area contributed by atoms with Gasteiger partial charge in [0.15, 0.2) is 12.4 Å². The number of Topliss-reactive ketones (excluding diaryl/α,β-unsaturated/α-hetero) is 1. The molecule has 218 valence electrons. The van der Waals surface area contributed by atoms with Crippen LogP contribution >= 0.6 is 0 Å². The third kappa shape index (κ3) is 4.93. The van der Waals surface area contributed by atoms with Gasteiger partial charge < -0.3 is 25.3 Å². The predicted molar refractivity (Wildman–Crippen MR) is 144 cm³/mol. The number of esters is 1. The van der Waals surface area contributed by atoms with E-state index in [2.05, 4.69) is 22.2 Å². The fraction of sp³-hybridized carbons (Fsp3) is 0.700. The fourth-order valence-electron chi connectivity index (χ4n) is 8.55. The topological polar surface area (TPSA) is 159 Å². The number of nitrogens with one attached hydrogen (secondary N) is 2. The number of ether oxygens (including phenoxy) is 1. The number of ketones is 2. The van der Waals surface area contributed by atoms with Crippen molar-refractivity contribution in [2.24, 2.45) is 28.6 Å². The lowest BCUT2D eigenvalue weighted by molar-refractivity contribution is -0.184. The average Bonchev–Trinajstić information content (AvgIpc) is 3.52. The first-order valence-electron chi connectivity index (χ1n) is 14.5. The molecule has 0 aromatic carbocycles. The number of aromatic nitrogens is 2. The summed E-state index contributed by atoms with van der Waals surface area (Å²) in [5.41, 5.74) is -0.759. The smallest absolute Gasteiger partial charge is 0.306 e. The lowest BCUT2D eigenvalue weighted by Crippen LogP contribution is -2.62. The molecular formula is C30H41N3O7. The molecule has 7 atom stereocenters. The summed E-state index contributed by atoms with van der Waals surface area (Å²) in [4.78, 5) is 56.7. The Hall–Kier alpha value is -2.85. The summed E-state index contributed by atoms with van der Waals surface area (Å²) in [5.74, 6) is -1.18. The van der Waals surface area contributed by atoms with Gasteiger partial charge in [0, 0.05) is 43.1 Å². The maximum Gasteiger partial charge on any atom is 0.306 e. The molecule has 5 rings (SSSR count). The van der Waals surface area contributed by atoms with Gasteiger partial charge in [-0.15, -0.1) is 0 Å². The molecule has 3 fully saturated rings. The molecule has 0 bridgehead atoms. The van der Waals surface area contributed by atoms with E-state index < -0.39 is 35.5 Å². The van der Waals surface area contributed by atoms with E-state index in [9.17, 15) is 29.4 Å². The van der Waals surface area contributed by atoms with Crippen molar-refractivity contribution in [1.29, 1.82) is 0 Å². The summed E-state index contributed by atoms with van der Waals surface area (Å²) in [6.45, 7) is 3.91. The predicted octanol–water partition coefficient (Wildman–Crippen LogP) is 2.19. The third-order valence-corrected chi connectivity index (χ3v) is 10.7. The van der Waals surface area contributed by atoms with Gasteiger partial charge in [-0.2, -0.15) is 0 Å². The van der Waals surface area contributed by atoms with E-state index in [4.69, 9.17) is 4.74 Å². The summed E-state index contributed by atoms with van der Waals surface area (Å²) in [5, 5.41) is 26.0. The van der Waals surface area contributed by atoms with Crippen LogP contribution in [0.3, 0.4) is 0 Å². The van der Waals surface area contributed by atoms with Crippen LogP contribution in [0.2, 0.25) is 0 Å². The highest BCUT2D eigenvalue weighted by atomic mass is 16.5. The molecule has 4 N–H and O–H groups in total. The van der Waals surface area contributed by atoms with Gasteiger partial charge in [-0.3, -0.25) is 19.2 Å². The standard InChI is InChI=1S/C30H41N3O7/c1-28-10-7-20(34)13-18(28)3-4-21-22-8-11-30(39,29(22,2)14-23(35)27(21)28)24(36)16-40-26(38)6-5-25(37)32-12-9-19-15-31-17-33-19/h13,15,17,21-23,27,35,39H,3-12,14,16H2,1-2H3,(H,31,33)(H,32,37)/t21-,22-,23+,27+,28+,29+,30+/m1/s1. The molecule has 1 aromatic heterocycles. The van der Waals surface area contributed by atoms with Crippen LogP contribution in [0.25, 0.3) is 0 Å². The molecular weight excluding hydrogens is 514 g/mol. The first-order chi connectivity index (χ1) is 19.0. The molecule has 1 amide bonds. The van der Waals surface area contributed by atoms with Crippen LogP contribution in [0.4, 0.5) is 0 Å². The summed E-state index contributed by atoms with van der Waals surface area (Å²) in [7, 11) is 0. The van der Waals surface area contributed by atoms with Crippen molar-refractivity contribution in [1.82, 2.24) is 15.3 Å². The van der Waals surface area contributed by atoms with Crippen molar-refractivity contribution in [3.05, 3.63) is 29.9 Å². The van der Waals surface area contributed by atoms with E-state index in [1.165, 1.54) is 0 Å². The quantitative estimate of drug-likeness (QED) is 0.338. The highest BCUT2D eigenvalue weighted by Crippen LogP contribution is 2.67. The van der Waals surface area contributed by atoms with Gasteiger partial charge in [0.25, 0.3) is 0 Å². The molecule has 0 radical (unpaired) electrons. The van der Waals surface area contributed by atoms with Crippen LogP contribution in [-0.2, 0) is 30.3 Å². The largest absolute Gasteiger partial charge is 0.458 e. The number of hydrogen-bond acceptors (Lipinski definition) is 8. The zero-order valence-corrected chi connectivity index (χ0v) is 23.4. The minimum Gasteiger partial charge on any atom is -0.458 e. The van der Waals surface area contributed by atoms with Crippen LogP contribution in [0.15, 0.2) is 24.2 Å². The lowest BCUT2D eigenvalue weighted by atomic mass is 9.45. The molecule has 1 heterocycles. The number of hydrogen-bond donors (Lipinski definition) is 4. The van der Waals surface area contributed by atoms with Gasteiger partial charge in [-0.1, -0.05) is 19.4 Å². The van der Waals surface area contributed by atoms with Crippen LogP contribution in [0, 0.1) is 28.6 Å². The van der Waals surface area contributed by atoms with Crippen molar-refractivity contribution in [2.75, 3.05) is 13.2 Å². The molecule has 4 aliphatic carbocycles. The Balaban J connectivity index is 1.16. The number of amides is 1. The molecule has 0 unspecified atom stereocenters. The summed E-state index contributed by atoms with van der Waals surface area (Å²) < 4.78 is 5.21. The molecule has 40 heavy (non-hydrogen) atoms. The number of aliphatic hydroxyl groups is 2. The van der Waals surface area contributed by atoms with Crippen molar-refractivity contribution < 1.29 is 34.1 Å². The van der Waals surface area contributed by atoms with Crippen molar-refractivity contribution >= 4 is 23.4 Å². The molecule has 1 aromatic rings. The van der Waals surface area contributed by atoms with E-state index in [0.717, 1.165) is 30.5 Å². The maximum absolute atomic E-state index is 13.4. The number of allylic oxidation sites excluding steroid dienone is 1. The van der Waals surface area contributed by atoms with Crippen LogP contribution < -0.4 is 5.32 Å². The Morgan fingerprint density at radius 1 is 1.18 bits per heavy atom. The summed E-state index contributed by atoms with van der Waals surface area (Å²) in [6.07, 6.45) is 8.71. The van der Waals surface area contributed by atoms with Gasteiger partial charge in [0.05, 0.1) is 18.9 Å². The summed E-state index contributed by atoms with van der Waals surface area (Å²) in [6, 6.07) is 0. The van der Waals surface area contributed by atoms with E-state index in [1.807, 2.05) is 6.92 Å². The Morgan fingerprint density at radius 3 is 2.73 bits per heavy atom. The number of rotatable bonds is 9. The van der Waals surface area contributed by atoms with Gasteiger partial charge in [0.1, 0.15) is 5.60 Å². The molecule has 3 saturated carbocycles. The highest BCUT2D eigenvalue weighted by molar-refractivity contribution is 5.92. The SMILES string of the molecule is C[C@]12CCC(=O)C=C1CC[C@H]1[C@H]2[C@@H](O)C[C@@]2(C)[C@@H]1CC[C@]2(O)C(=O)COC(=O)CCC(=O)NCCc1cnc[nH]1. The number of carbonyl (C=O) groups excluding carboxylic acids is 4. The van der Waals surface area contributed by atoms with Gasteiger partial charge >= 0.3 is 5.97 Å². The fourth-order valence-corrected chi connectivity index (χ4v) is 8.55. The number of nitrogens with zero attached hydrogens (tertiary/aromatic N) is 1. The van der Waals surface area contributed by atoms with Crippen LogP contribution in [-0.4, -0.2) is 68.5 Å². The lowest BCUT2D eigenvalue weighted by Gasteiger charge is -2.60. The molecule has 10 nitrogen and oxygen atoms in total. The van der Waals surface area contributed by atoms with Crippen molar-refractivity contribution in [3.63, 3.8) is 0 Å². The number of fused-ring (bicyclic) bond motifs is 5. The van der Waals surface area contributed by atoms with Gasteiger partial charge in [0.2, 0.25) is 11.7 Å². The monoisotopic (exact) mass is 555 g/mol. The Bertz CT molecular complexity index is 1200. The molecule has 4 aliphatic rings. The second-order valence-corrected chi connectivity index (χ2v) is 12.7. The number of carbonyl (C=O) groups is 4. The van der Waals surface area contributed by atoms with Crippen LogP contribution in [0.1, 0.15) is 77.3 Å². The first kappa shape index (κ1) is 28.7. The van der Waals surface area contributed by atoms with E-state index in [-0.39, 0.29) is 60.5 Å². The van der Waals surface area contributed by atoms with E-state index in [0.29, 0.717) is 25.8 Å². The second-order valence-electron chi connectivity index (χ2n) is 12.7. The first-order valence-corrected chi connectivity index (χ1v) is 14.5. The highest BCUT2D eigenvalue weighted by Gasteiger charge is 2.68. The Labute approximate surface area is 234 Å². The number of imidazole rings is 1. The molecule has 0 spiro atoms. The Kier molecular flexibility index (Phi) is 7.78. The van der Waals surface area contributed by atoms with Crippen molar-refractivity contribution in [2.45, 2.75) is 89.8 Å². The third-order valence-electron chi connectivity index (χ3n) is 10.7. The minimum atomic E-state index is -1.70. The Morgan fingerprint density at radius 2 is 1.98 bits per heavy atom. The minimum absolute atomic E-state index is 0.0143. The number of H-pyrrole nitrogens is 1. The van der Waals surface area contributed by atoms with Gasteiger partial charge in [-0.25, -0.2) is 4.98 Å². The normalized spacial score (nSPS) is 36.6. The van der Waals surface area contributed by atoms with Crippen LogP contribution in [0.5, 0.6) is 0 Å².